The summed E-state index contributed by atoms with van der Waals surface area (Å²) in [6.07, 6.45) is 0. The molecule has 4 heteroatoms. The van der Waals surface area contributed by atoms with E-state index in [1.807, 2.05) is 36.4 Å². The maximum Gasteiger partial charge on any atom is 0.164 e. The maximum atomic E-state index is 5.04. The van der Waals surface area contributed by atoms with Gasteiger partial charge in [0, 0.05) is 33.2 Å². The molecule has 0 bridgehead atoms. The summed E-state index contributed by atoms with van der Waals surface area (Å²) < 4.78 is 2.41. The number of nitrogens with zero attached hydrogens (tertiary/aromatic N) is 4. The summed E-state index contributed by atoms with van der Waals surface area (Å²) >= 11 is 0. The van der Waals surface area contributed by atoms with Crippen molar-refractivity contribution in [2.75, 3.05) is 0 Å². The molecule has 2 aromatic heterocycles. The molecule has 0 saturated heterocycles. The van der Waals surface area contributed by atoms with Gasteiger partial charge in [-0.2, -0.15) is 0 Å². The largest absolute Gasteiger partial charge is 0.309 e. The highest BCUT2D eigenvalue weighted by Gasteiger charge is 2.17. The first-order chi connectivity index (χ1) is 29.2. The third-order valence-corrected chi connectivity index (χ3v) is 11.3. The van der Waals surface area contributed by atoms with Crippen LogP contribution in [-0.2, 0) is 0 Å². The predicted octanol–water partition coefficient (Wildman–Crippen LogP) is 14.1. The molecule has 59 heavy (non-hydrogen) atoms. The first-order valence-corrected chi connectivity index (χ1v) is 19.9. The van der Waals surface area contributed by atoms with Crippen LogP contribution in [0.1, 0.15) is 0 Å². The van der Waals surface area contributed by atoms with Crippen molar-refractivity contribution in [2.24, 2.45) is 0 Å². The van der Waals surface area contributed by atoms with Crippen LogP contribution in [0.4, 0.5) is 0 Å². The summed E-state index contributed by atoms with van der Waals surface area (Å²) in [5, 5.41) is 4.89. The molecule has 0 amide bonds. The molecule has 11 rings (SSSR count). The molecule has 0 radical (unpaired) electrons. The van der Waals surface area contributed by atoms with Gasteiger partial charge in [-0.1, -0.05) is 188 Å². The number of rotatable bonds is 7. The molecule has 0 aliphatic heterocycles. The molecule has 2 heterocycles. The summed E-state index contributed by atoms with van der Waals surface area (Å²) in [7, 11) is 0. The zero-order valence-electron chi connectivity index (χ0n) is 32.1. The van der Waals surface area contributed by atoms with Gasteiger partial charge in [0.15, 0.2) is 17.5 Å². The zero-order chi connectivity index (χ0) is 39.1. The molecule has 0 fully saturated rings. The number of hydrogen-bond acceptors (Lipinski definition) is 3. The van der Waals surface area contributed by atoms with E-state index in [0.717, 1.165) is 44.6 Å². The Labute approximate surface area is 342 Å². The molecule has 0 aliphatic rings. The maximum absolute atomic E-state index is 5.04. The van der Waals surface area contributed by atoms with E-state index < -0.39 is 0 Å². The van der Waals surface area contributed by atoms with Gasteiger partial charge in [0.1, 0.15) is 0 Å². The Kier molecular flexibility index (Phi) is 8.45. The Morgan fingerprint density at radius 2 is 0.678 bits per heavy atom. The molecule has 11 aromatic rings. The second-order valence-corrected chi connectivity index (χ2v) is 14.9. The zero-order valence-corrected chi connectivity index (χ0v) is 32.1. The van der Waals surface area contributed by atoms with Gasteiger partial charge in [-0.25, -0.2) is 15.0 Å². The van der Waals surface area contributed by atoms with Gasteiger partial charge in [0.25, 0.3) is 0 Å². The number of aromatic nitrogens is 4. The Hall–Kier alpha value is -7.95. The van der Waals surface area contributed by atoms with E-state index in [1.54, 1.807) is 0 Å². The van der Waals surface area contributed by atoms with E-state index in [0.29, 0.717) is 17.5 Å². The van der Waals surface area contributed by atoms with Gasteiger partial charge in [0.2, 0.25) is 0 Å². The number of benzene rings is 9. The van der Waals surface area contributed by atoms with Crippen LogP contribution in [0.15, 0.2) is 218 Å². The van der Waals surface area contributed by atoms with Crippen molar-refractivity contribution in [3.05, 3.63) is 218 Å². The molecule has 0 saturated carbocycles. The van der Waals surface area contributed by atoms with Crippen LogP contribution < -0.4 is 0 Å². The normalized spacial score (nSPS) is 11.4. The smallest absolute Gasteiger partial charge is 0.164 e. The van der Waals surface area contributed by atoms with E-state index in [2.05, 4.69) is 187 Å². The van der Waals surface area contributed by atoms with Gasteiger partial charge >= 0.3 is 0 Å². The lowest BCUT2D eigenvalue weighted by atomic mass is 10.0. The molecule has 4 nitrogen and oxygen atoms in total. The summed E-state index contributed by atoms with van der Waals surface area (Å²) in [6, 6.07) is 77.2. The average Bonchev–Trinajstić information content (AvgIpc) is 3.65. The summed E-state index contributed by atoms with van der Waals surface area (Å²) in [5.41, 5.74) is 13.3. The molecule has 0 spiro atoms. The van der Waals surface area contributed by atoms with Crippen LogP contribution in [-0.4, -0.2) is 19.5 Å². The van der Waals surface area contributed by atoms with Crippen LogP contribution in [0.3, 0.4) is 0 Å². The van der Waals surface area contributed by atoms with E-state index in [1.165, 1.54) is 43.8 Å². The highest BCUT2D eigenvalue weighted by atomic mass is 15.0. The number of hydrogen-bond donors (Lipinski definition) is 0. The Morgan fingerprint density at radius 1 is 0.254 bits per heavy atom. The lowest BCUT2D eigenvalue weighted by molar-refractivity contribution is 1.07. The number of fused-ring (bicyclic) bond motifs is 4. The van der Waals surface area contributed by atoms with E-state index in [-0.39, 0.29) is 0 Å². The third kappa shape index (κ3) is 6.43. The predicted molar refractivity (Wildman–Crippen MR) is 244 cm³/mol. The van der Waals surface area contributed by atoms with Crippen LogP contribution >= 0.6 is 0 Å². The Bertz CT molecular complexity index is 3280. The minimum atomic E-state index is 0.633. The molecule has 9 aromatic carbocycles. The Morgan fingerprint density at radius 3 is 1.29 bits per heavy atom. The Balaban J connectivity index is 1.00. The van der Waals surface area contributed by atoms with Gasteiger partial charge in [-0.15, -0.1) is 0 Å². The van der Waals surface area contributed by atoms with Crippen LogP contribution in [0, 0.1) is 0 Å². The van der Waals surface area contributed by atoms with Crippen LogP contribution in [0.25, 0.3) is 106 Å². The highest BCUT2D eigenvalue weighted by Crippen LogP contribution is 2.38. The minimum absolute atomic E-state index is 0.633. The molecular weight excluding hydrogens is 717 g/mol. The van der Waals surface area contributed by atoms with Gasteiger partial charge < -0.3 is 4.57 Å². The minimum Gasteiger partial charge on any atom is -0.309 e. The molecule has 276 valence electrons. The van der Waals surface area contributed by atoms with E-state index in [4.69, 9.17) is 15.0 Å². The fourth-order valence-electron chi connectivity index (χ4n) is 8.21. The van der Waals surface area contributed by atoms with Gasteiger partial charge in [-0.05, 0) is 74.5 Å². The van der Waals surface area contributed by atoms with Gasteiger partial charge in [0.05, 0.1) is 11.0 Å². The fraction of sp³-hybridized carbons (Fsp3) is 0. The summed E-state index contributed by atoms with van der Waals surface area (Å²) in [6.45, 7) is 0. The average molecular weight is 753 g/mol. The highest BCUT2D eigenvalue weighted by molar-refractivity contribution is 6.11. The van der Waals surface area contributed by atoms with Crippen molar-refractivity contribution in [1.82, 2.24) is 19.5 Å². The molecule has 0 atom stereocenters. The monoisotopic (exact) mass is 752 g/mol. The topological polar surface area (TPSA) is 43.6 Å². The second-order valence-electron chi connectivity index (χ2n) is 14.9. The fourth-order valence-corrected chi connectivity index (χ4v) is 8.21. The summed E-state index contributed by atoms with van der Waals surface area (Å²) in [4.78, 5) is 15.0. The standard InChI is InChI=1S/C55H36N4/c1-4-12-37(13-5-1)40-20-24-43(25-21-40)54-56-53(42-17-8-3-9-18-42)57-55(58-54)44-26-22-41(23-27-44)47-29-32-49-50-35-46(38-14-6-2-7-15-38)30-33-51(50)59(52(49)36-47)48-31-28-39-16-10-11-19-45(39)34-48/h1-36H. The van der Waals surface area contributed by atoms with Gasteiger partial charge in [-0.3, -0.25) is 0 Å². The third-order valence-electron chi connectivity index (χ3n) is 11.3. The van der Waals surface area contributed by atoms with Crippen molar-refractivity contribution in [1.29, 1.82) is 0 Å². The van der Waals surface area contributed by atoms with E-state index >= 15 is 0 Å². The van der Waals surface area contributed by atoms with E-state index in [9.17, 15) is 0 Å². The van der Waals surface area contributed by atoms with Crippen molar-refractivity contribution in [3.8, 4) is 73.2 Å². The summed E-state index contributed by atoms with van der Waals surface area (Å²) in [5.74, 6) is 1.91. The lowest BCUT2D eigenvalue weighted by Gasteiger charge is -2.11. The quantitative estimate of drug-likeness (QED) is 0.163. The SMILES string of the molecule is c1ccc(-c2ccc(-c3nc(-c4ccccc4)nc(-c4ccc(-c5ccc6c7cc(-c8ccccc8)ccc7n(-c7ccc8ccccc8c7)c6c5)cc4)n3)cc2)cc1. The second kappa shape index (κ2) is 14.5. The van der Waals surface area contributed by atoms with Crippen LogP contribution in [0.2, 0.25) is 0 Å². The van der Waals surface area contributed by atoms with Crippen molar-refractivity contribution >= 4 is 32.6 Å². The first kappa shape index (κ1) is 34.3. The molecule has 0 N–H and O–H groups in total. The van der Waals surface area contributed by atoms with Crippen molar-refractivity contribution in [3.63, 3.8) is 0 Å². The van der Waals surface area contributed by atoms with Crippen molar-refractivity contribution < 1.29 is 0 Å². The molecule has 0 unspecified atom stereocenters. The van der Waals surface area contributed by atoms with Crippen molar-refractivity contribution in [2.45, 2.75) is 0 Å². The lowest BCUT2D eigenvalue weighted by Crippen LogP contribution is -2.00. The molecule has 0 aliphatic carbocycles. The first-order valence-electron chi connectivity index (χ1n) is 19.9. The molecular formula is C55H36N4. The van der Waals surface area contributed by atoms with Crippen LogP contribution in [0.5, 0.6) is 0 Å².